The Labute approximate surface area is 187 Å². The number of halogens is 1. The summed E-state index contributed by atoms with van der Waals surface area (Å²) in [5, 5.41) is 3.93. The minimum atomic E-state index is -3.97. The van der Waals surface area contributed by atoms with E-state index in [-0.39, 0.29) is 10.6 Å². The van der Waals surface area contributed by atoms with E-state index >= 15 is 0 Å². The highest BCUT2D eigenvalue weighted by Gasteiger charge is 2.21. The zero-order valence-corrected chi connectivity index (χ0v) is 19.0. The number of hydrogen-bond donors (Lipinski definition) is 2. The molecule has 0 aliphatic carbocycles. The Morgan fingerprint density at radius 2 is 1.90 bits per heavy atom. The Morgan fingerprint density at radius 1 is 1.16 bits per heavy atom. The molecule has 164 valence electrons. The number of nitrogens with zero attached hydrogens (tertiary/aromatic N) is 2. The number of nitrogens with one attached hydrogen (secondary N) is 2. The van der Waals surface area contributed by atoms with Gasteiger partial charge in [-0.2, -0.15) is 0 Å². The minimum Gasteiger partial charge on any atom is -0.385 e. The third kappa shape index (κ3) is 5.86. The molecule has 0 saturated heterocycles. The summed E-state index contributed by atoms with van der Waals surface area (Å²) in [5.74, 6) is -0.212. The first kappa shape index (κ1) is 22.8. The predicted molar refractivity (Wildman–Crippen MR) is 122 cm³/mol. The van der Waals surface area contributed by atoms with Crippen molar-refractivity contribution in [3.8, 4) is 0 Å². The first-order chi connectivity index (χ1) is 14.8. The first-order valence-corrected chi connectivity index (χ1v) is 11.8. The fourth-order valence-electron chi connectivity index (χ4n) is 2.99. The van der Waals surface area contributed by atoms with E-state index in [0.29, 0.717) is 17.4 Å². The van der Waals surface area contributed by atoms with E-state index < -0.39 is 15.9 Å². The van der Waals surface area contributed by atoms with Crippen molar-refractivity contribution in [1.82, 2.24) is 14.3 Å². The summed E-state index contributed by atoms with van der Waals surface area (Å²) in [5.41, 5.74) is 1.84. The van der Waals surface area contributed by atoms with Crippen LogP contribution in [0.15, 0.2) is 59.6 Å². The maximum atomic E-state index is 12.5. The standard InChI is InChI=1S/C22H25ClN4O3S/c1-3-4-12-24-18-11-10-17(20(23)13-18)14-27-15-21(25-16(27)2)22(28)26-31(29,30)19-8-6-5-7-9-19/h5-11,13,15,24H,3-4,12,14H2,1-2H3,(H,26,28). The number of aryl methyl sites for hydroxylation is 1. The summed E-state index contributed by atoms with van der Waals surface area (Å²) >= 11 is 6.44. The fraction of sp³-hybridized carbons (Fsp3) is 0.273. The Balaban J connectivity index is 1.72. The average Bonchev–Trinajstić information content (AvgIpc) is 3.11. The summed E-state index contributed by atoms with van der Waals surface area (Å²) in [4.78, 5) is 16.7. The molecule has 1 amide bonds. The molecule has 0 radical (unpaired) electrons. The number of benzene rings is 2. The molecule has 0 fully saturated rings. The lowest BCUT2D eigenvalue weighted by Crippen LogP contribution is -2.30. The van der Waals surface area contributed by atoms with Gasteiger partial charge in [0, 0.05) is 23.5 Å². The number of unbranched alkanes of at least 4 members (excludes halogenated alkanes) is 1. The number of anilines is 1. The predicted octanol–water partition coefficient (Wildman–Crippen LogP) is 4.22. The molecule has 3 aromatic rings. The van der Waals surface area contributed by atoms with Crippen LogP contribution in [0.5, 0.6) is 0 Å². The van der Waals surface area contributed by atoms with E-state index in [9.17, 15) is 13.2 Å². The van der Waals surface area contributed by atoms with E-state index in [0.717, 1.165) is 30.6 Å². The van der Waals surface area contributed by atoms with Crippen LogP contribution in [0.1, 0.15) is 41.6 Å². The van der Waals surface area contributed by atoms with Crippen molar-refractivity contribution in [1.29, 1.82) is 0 Å². The molecular formula is C22H25ClN4O3S. The second-order valence-electron chi connectivity index (χ2n) is 7.14. The van der Waals surface area contributed by atoms with Crippen LogP contribution in [0.25, 0.3) is 0 Å². The summed E-state index contributed by atoms with van der Waals surface area (Å²) in [6.07, 6.45) is 3.72. The summed E-state index contributed by atoms with van der Waals surface area (Å²) in [6.45, 7) is 5.18. The number of hydrogen-bond acceptors (Lipinski definition) is 5. The van der Waals surface area contributed by atoms with Gasteiger partial charge in [-0.05, 0) is 43.2 Å². The highest BCUT2D eigenvalue weighted by Crippen LogP contribution is 2.23. The Hall–Kier alpha value is -2.84. The smallest absolute Gasteiger partial charge is 0.285 e. The molecular weight excluding hydrogens is 436 g/mol. The van der Waals surface area contributed by atoms with Gasteiger partial charge in [-0.3, -0.25) is 4.79 Å². The van der Waals surface area contributed by atoms with Gasteiger partial charge in [0.05, 0.1) is 11.4 Å². The van der Waals surface area contributed by atoms with Crippen LogP contribution in [0, 0.1) is 6.92 Å². The highest BCUT2D eigenvalue weighted by molar-refractivity contribution is 7.90. The van der Waals surface area contributed by atoms with Crippen molar-refractivity contribution in [2.75, 3.05) is 11.9 Å². The number of rotatable bonds is 9. The third-order valence-electron chi connectivity index (χ3n) is 4.74. The summed E-state index contributed by atoms with van der Waals surface area (Å²) < 4.78 is 28.6. The number of carbonyl (C=O) groups is 1. The van der Waals surface area contributed by atoms with Crippen LogP contribution in [0.4, 0.5) is 5.69 Å². The van der Waals surface area contributed by atoms with Crippen molar-refractivity contribution in [3.05, 3.63) is 76.8 Å². The van der Waals surface area contributed by atoms with Gasteiger partial charge in [0.2, 0.25) is 0 Å². The Kier molecular flexibility index (Phi) is 7.35. The van der Waals surface area contributed by atoms with Crippen LogP contribution in [0.3, 0.4) is 0 Å². The summed E-state index contributed by atoms with van der Waals surface area (Å²) in [6, 6.07) is 13.5. The maximum Gasteiger partial charge on any atom is 0.285 e. The van der Waals surface area contributed by atoms with E-state index in [4.69, 9.17) is 11.6 Å². The van der Waals surface area contributed by atoms with Gasteiger partial charge in [-0.1, -0.05) is 49.2 Å². The first-order valence-electron chi connectivity index (χ1n) is 9.98. The van der Waals surface area contributed by atoms with E-state index in [1.807, 2.05) is 18.2 Å². The van der Waals surface area contributed by atoms with Gasteiger partial charge >= 0.3 is 0 Å². The van der Waals surface area contributed by atoms with Crippen molar-refractivity contribution in [2.45, 2.75) is 38.1 Å². The molecule has 3 rings (SSSR count). The average molecular weight is 461 g/mol. The molecule has 7 nitrogen and oxygen atoms in total. The van der Waals surface area contributed by atoms with Crippen molar-refractivity contribution in [3.63, 3.8) is 0 Å². The molecule has 1 heterocycles. The lowest BCUT2D eigenvalue weighted by Gasteiger charge is -2.10. The van der Waals surface area contributed by atoms with E-state index in [2.05, 4.69) is 21.9 Å². The molecule has 0 unspecified atom stereocenters. The second kappa shape index (κ2) is 9.98. The quantitative estimate of drug-likeness (QED) is 0.466. The summed E-state index contributed by atoms with van der Waals surface area (Å²) in [7, 11) is -3.97. The molecule has 1 aromatic heterocycles. The molecule has 9 heteroatoms. The molecule has 0 aliphatic rings. The van der Waals surface area contributed by atoms with Gasteiger partial charge in [0.15, 0.2) is 0 Å². The monoisotopic (exact) mass is 460 g/mol. The van der Waals surface area contributed by atoms with Crippen LogP contribution in [0.2, 0.25) is 5.02 Å². The number of sulfonamides is 1. The molecule has 2 aromatic carbocycles. The highest BCUT2D eigenvalue weighted by atomic mass is 35.5. The van der Waals surface area contributed by atoms with E-state index in [1.54, 1.807) is 29.7 Å². The van der Waals surface area contributed by atoms with Gasteiger partial charge in [-0.25, -0.2) is 18.1 Å². The lowest BCUT2D eigenvalue weighted by atomic mass is 10.2. The number of amides is 1. The van der Waals surface area contributed by atoms with Gasteiger partial charge in [0.25, 0.3) is 15.9 Å². The molecule has 31 heavy (non-hydrogen) atoms. The fourth-order valence-corrected chi connectivity index (χ4v) is 4.21. The lowest BCUT2D eigenvalue weighted by molar-refractivity contribution is 0.0977. The normalized spacial score (nSPS) is 11.3. The molecule has 0 bridgehead atoms. The zero-order valence-electron chi connectivity index (χ0n) is 17.4. The van der Waals surface area contributed by atoms with Gasteiger partial charge in [0.1, 0.15) is 11.5 Å². The molecule has 0 atom stereocenters. The van der Waals surface area contributed by atoms with Crippen LogP contribution in [-0.4, -0.2) is 30.4 Å². The number of carbonyl (C=O) groups excluding carboxylic acids is 1. The largest absolute Gasteiger partial charge is 0.385 e. The van der Waals surface area contributed by atoms with Crippen LogP contribution < -0.4 is 10.0 Å². The van der Waals surface area contributed by atoms with E-state index in [1.165, 1.54) is 18.3 Å². The maximum absolute atomic E-state index is 12.5. The minimum absolute atomic E-state index is 0.0129. The molecule has 0 spiro atoms. The van der Waals surface area contributed by atoms with Crippen molar-refractivity contribution < 1.29 is 13.2 Å². The number of aromatic nitrogens is 2. The Morgan fingerprint density at radius 3 is 2.58 bits per heavy atom. The van der Waals surface area contributed by atoms with Gasteiger partial charge < -0.3 is 9.88 Å². The molecule has 2 N–H and O–H groups in total. The van der Waals surface area contributed by atoms with Crippen molar-refractivity contribution in [2.24, 2.45) is 0 Å². The van der Waals surface area contributed by atoms with Crippen LogP contribution >= 0.6 is 11.6 Å². The second-order valence-corrected chi connectivity index (χ2v) is 9.23. The van der Waals surface area contributed by atoms with Crippen molar-refractivity contribution >= 4 is 33.2 Å². The number of imidazole rings is 1. The van der Waals surface area contributed by atoms with Crippen LogP contribution in [-0.2, 0) is 16.6 Å². The molecule has 0 saturated carbocycles. The molecule has 0 aliphatic heterocycles. The van der Waals surface area contributed by atoms with Gasteiger partial charge in [-0.15, -0.1) is 0 Å². The topological polar surface area (TPSA) is 93.1 Å². The Bertz CT molecular complexity index is 1160. The SMILES string of the molecule is CCCCNc1ccc(Cn2cc(C(=O)NS(=O)(=O)c3ccccc3)nc2C)c(Cl)c1. The third-order valence-corrected chi connectivity index (χ3v) is 6.44. The zero-order chi connectivity index (χ0) is 22.4.